The van der Waals surface area contributed by atoms with Crippen molar-refractivity contribution >= 4 is 0 Å². The van der Waals surface area contributed by atoms with Crippen LogP contribution in [0.4, 0.5) is 0 Å². The first kappa shape index (κ1) is 16.4. The Bertz CT molecular complexity index is 544. The van der Waals surface area contributed by atoms with Gasteiger partial charge in [-0.1, -0.05) is 61.5 Å². The second-order valence-corrected chi connectivity index (χ2v) is 9.57. The predicted octanol–water partition coefficient (Wildman–Crippen LogP) is 5.89. The maximum Gasteiger partial charge on any atom is 0.119 e. The van der Waals surface area contributed by atoms with Gasteiger partial charge in [0.05, 0.1) is 0 Å². The van der Waals surface area contributed by atoms with Crippen LogP contribution in [0.5, 0.6) is 5.75 Å². The van der Waals surface area contributed by atoms with Crippen molar-refractivity contribution in [3.05, 3.63) is 28.8 Å². The number of phenolic OH excluding ortho intramolecular Hbond substituents is 1. The van der Waals surface area contributed by atoms with Crippen LogP contribution >= 0.6 is 0 Å². The normalized spacial score (nSPS) is 21.4. The van der Waals surface area contributed by atoms with Gasteiger partial charge in [0.25, 0.3) is 0 Å². The van der Waals surface area contributed by atoms with E-state index in [0.717, 1.165) is 12.0 Å². The summed E-state index contributed by atoms with van der Waals surface area (Å²) in [7, 11) is 0. The van der Waals surface area contributed by atoms with Crippen LogP contribution in [0.1, 0.15) is 90.8 Å². The highest BCUT2D eigenvalue weighted by Crippen LogP contribution is 2.50. The van der Waals surface area contributed by atoms with Crippen molar-refractivity contribution in [2.24, 2.45) is 5.41 Å². The van der Waals surface area contributed by atoms with Crippen molar-refractivity contribution in [3.63, 3.8) is 0 Å². The Morgan fingerprint density at radius 2 is 1.71 bits per heavy atom. The fourth-order valence-corrected chi connectivity index (χ4v) is 4.55. The molecule has 0 aliphatic heterocycles. The Morgan fingerprint density at radius 3 is 2.24 bits per heavy atom. The van der Waals surface area contributed by atoms with Crippen LogP contribution in [0.2, 0.25) is 0 Å². The third-order valence-corrected chi connectivity index (χ3v) is 4.95. The highest BCUT2D eigenvalue weighted by Gasteiger charge is 2.38. The monoisotopic (exact) mass is 288 g/mol. The fourth-order valence-electron chi connectivity index (χ4n) is 4.55. The third-order valence-electron chi connectivity index (χ3n) is 4.95. The third kappa shape index (κ3) is 3.12. The van der Waals surface area contributed by atoms with Gasteiger partial charge in [-0.15, -0.1) is 0 Å². The summed E-state index contributed by atoms with van der Waals surface area (Å²) in [5.74, 6) is 1.02. The Kier molecular flexibility index (Phi) is 3.72. The number of rotatable bonds is 2. The van der Waals surface area contributed by atoms with Crippen LogP contribution in [-0.4, -0.2) is 5.11 Å². The first-order chi connectivity index (χ1) is 9.33. The van der Waals surface area contributed by atoms with E-state index in [2.05, 4.69) is 61.5 Å². The molecule has 118 valence electrons. The molecule has 0 saturated carbocycles. The topological polar surface area (TPSA) is 20.2 Å². The van der Waals surface area contributed by atoms with E-state index in [-0.39, 0.29) is 16.2 Å². The molecule has 0 heterocycles. The second-order valence-electron chi connectivity index (χ2n) is 9.57. The van der Waals surface area contributed by atoms with Crippen LogP contribution in [0.15, 0.2) is 12.1 Å². The number of hydrogen-bond acceptors (Lipinski definition) is 1. The van der Waals surface area contributed by atoms with Gasteiger partial charge >= 0.3 is 0 Å². The molecule has 1 atom stereocenters. The molecule has 0 spiro atoms. The lowest BCUT2D eigenvalue weighted by molar-refractivity contribution is 0.278. The highest BCUT2D eigenvalue weighted by molar-refractivity contribution is 5.51. The van der Waals surface area contributed by atoms with E-state index in [1.165, 1.54) is 17.5 Å². The molecule has 0 saturated heterocycles. The number of benzene rings is 1. The van der Waals surface area contributed by atoms with Gasteiger partial charge in [0.1, 0.15) is 5.75 Å². The van der Waals surface area contributed by atoms with Gasteiger partial charge in [-0.25, -0.2) is 0 Å². The maximum atomic E-state index is 10.6. The molecule has 21 heavy (non-hydrogen) atoms. The van der Waals surface area contributed by atoms with Crippen molar-refractivity contribution in [3.8, 4) is 5.75 Å². The first-order valence-electron chi connectivity index (χ1n) is 8.21. The van der Waals surface area contributed by atoms with E-state index >= 15 is 0 Å². The van der Waals surface area contributed by atoms with Gasteiger partial charge in [-0.3, -0.25) is 0 Å². The maximum absolute atomic E-state index is 10.6. The van der Waals surface area contributed by atoms with Crippen molar-refractivity contribution < 1.29 is 5.11 Å². The standard InChI is InChI=1S/C20H32O/c1-13-11-19(5,6)15-10-16(17(21)9-14(13)15)20(7,8)12-18(2,3)4/h9-10,13,21H,11-12H2,1-8H3. The van der Waals surface area contributed by atoms with Crippen molar-refractivity contribution in [2.75, 3.05) is 0 Å². The number of aromatic hydroxyl groups is 1. The van der Waals surface area contributed by atoms with Crippen molar-refractivity contribution in [1.29, 1.82) is 0 Å². The summed E-state index contributed by atoms with van der Waals surface area (Å²) in [5.41, 5.74) is 4.34. The molecule has 1 aromatic rings. The van der Waals surface area contributed by atoms with Gasteiger partial charge in [-0.2, -0.15) is 0 Å². The van der Waals surface area contributed by atoms with Crippen LogP contribution in [0.3, 0.4) is 0 Å². The average molecular weight is 288 g/mol. The summed E-state index contributed by atoms with van der Waals surface area (Å²) in [6.45, 7) is 18.2. The Hall–Kier alpha value is -0.980. The Labute approximate surface area is 130 Å². The molecule has 1 aliphatic rings. The molecular weight excluding hydrogens is 256 g/mol. The second kappa shape index (κ2) is 4.76. The summed E-state index contributed by atoms with van der Waals surface area (Å²) in [6, 6.07) is 4.33. The van der Waals surface area contributed by atoms with E-state index in [4.69, 9.17) is 0 Å². The smallest absolute Gasteiger partial charge is 0.119 e. The van der Waals surface area contributed by atoms with Gasteiger partial charge in [-0.05, 0) is 57.8 Å². The van der Waals surface area contributed by atoms with Crippen LogP contribution in [0.25, 0.3) is 0 Å². The zero-order valence-corrected chi connectivity index (χ0v) is 15.1. The van der Waals surface area contributed by atoms with Gasteiger partial charge in [0, 0.05) is 0 Å². The number of hydrogen-bond donors (Lipinski definition) is 1. The molecule has 1 aliphatic carbocycles. The van der Waals surface area contributed by atoms with Crippen LogP contribution in [-0.2, 0) is 10.8 Å². The fraction of sp³-hybridized carbons (Fsp3) is 0.700. The van der Waals surface area contributed by atoms with E-state index in [9.17, 15) is 5.11 Å². The molecule has 1 aromatic carbocycles. The highest BCUT2D eigenvalue weighted by atomic mass is 16.3. The summed E-state index contributed by atoms with van der Waals surface area (Å²) in [6.07, 6.45) is 2.23. The number of phenols is 1. The van der Waals surface area contributed by atoms with Gasteiger partial charge in [0.15, 0.2) is 0 Å². The molecular formula is C20H32O. The predicted molar refractivity (Wildman–Crippen MR) is 91.3 cm³/mol. The van der Waals surface area contributed by atoms with E-state index < -0.39 is 0 Å². The van der Waals surface area contributed by atoms with E-state index in [1.54, 1.807) is 0 Å². The average Bonchev–Trinajstić information content (AvgIpc) is 2.44. The van der Waals surface area contributed by atoms with Crippen LogP contribution < -0.4 is 0 Å². The van der Waals surface area contributed by atoms with E-state index in [1.807, 2.05) is 6.07 Å². The molecule has 1 N–H and O–H groups in total. The quantitative estimate of drug-likeness (QED) is 0.719. The summed E-state index contributed by atoms with van der Waals surface area (Å²) >= 11 is 0. The molecule has 0 aromatic heterocycles. The minimum atomic E-state index is -0.0146. The van der Waals surface area contributed by atoms with Gasteiger partial charge in [0.2, 0.25) is 0 Å². The molecule has 0 amide bonds. The summed E-state index contributed by atoms with van der Waals surface area (Å²) < 4.78 is 0. The molecule has 0 radical (unpaired) electrons. The van der Waals surface area contributed by atoms with Crippen molar-refractivity contribution in [1.82, 2.24) is 0 Å². The minimum absolute atomic E-state index is 0.0146. The molecule has 0 bridgehead atoms. The number of fused-ring (bicyclic) bond motifs is 1. The molecule has 2 rings (SSSR count). The SMILES string of the molecule is CC1CC(C)(C)c2cc(C(C)(C)CC(C)(C)C)c(O)cc21. The Morgan fingerprint density at radius 1 is 1.14 bits per heavy atom. The molecule has 1 unspecified atom stereocenters. The largest absolute Gasteiger partial charge is 0.508 e. The molecule has 1 nitrogen and oxygen atoms in total. The van der Waals surface area contributed by atoms with Gasteiger partial charge < -0.3 is 5.11 Å². The van der Waals surface area contributed by atoms with Crippen molar-refractivity contribution in [2.45, 2.75) is 85.0 Å². The lowest BCUT2D eigenvalue weighted by Crippen LogP contribution is -2.25. The molecule has 0 fully saturated rings. The van der Waals surface area contributed by atoms with E-state index in [0.29, 0.717) is 11.7 Å². The first-order valence-corrected chi connectivity index (χ1v) is 8.21. The Balaban J connectivity index is 2.53. The zero-order valence-electron chi connectivity index (χ0n) is 15.1. The summed E-state index contributed by atoms with van der Waals surface area (Å²) in [5, 5.41) is 10.6. The zero-order chi connectivity index (χ0) is 16.2. The lowest BCUT2D eigenvalue weighted by Gasteiger charge is -2.34. The molecule has 1 heteroatoms. The summed E-state index contributed by atoms with van der Waals surface area (Å²) in [4.78, 5) is 0. The minimum Gasteiger partial charge on any atom is -0.508 e. The lowest BCUT2D eigenvalue weighted by atomic mass is 9.71. The van der Waals surface area contributed by atoms with Crippen LogP contribution in [0, 0.1) is 5.41 Å².